The predicted molar refractivity (Wildman–Crippen MR) is 101 cm³/mol. The summed E-state index contributed by atoms with van der Waals surface area (Å²) in [6.07, 6.45) is 4.92. The van der Waals surface area contributed by atoms with E-state index >= 15 is 0 Å². The van der Waals surface area contributed by atoms with Crippen molar-refractivity contribution in [1.29, 1.82) is 0 Å². The second-order valence-corrected chi connectivity index (χ2v) is 9.86. The van der Waals surface area contributed by atoms with E-state index in [-0.39, 0.29) is 17.1 Å². The SMILES string of the molecule is C[C@H]1CCNC[C@H]1COS(=O)(=O)CCC1(c2ccc(Cl)cc2)CCC1. The molecule has 1 aliphatic heterocycles. The first-order chi connectivity index (χ1) is 11.9. The maximum Gasteiger partial charge on any atom is 0.267 e. The third-order valence-corrected chi connectivity index (χ3v) is 7.50. The van der Waals surface area contributed by atoms with Gasteiger partial charge in [0.15, 0.2) is 0 Å². The molecule has 1 aliphatic carbocycles. The lowest BCUT2D eigenvalue weighted by Crippen LogP contribution is -2.39. The number of benzene rings is 1. The highest BCUT2D eigenvalue weighted by atomic mass is 35.5. The Balaban J connectivity index is 1.56. The molecular weight excluding hydrogens is 358 g/mol. The minimum absolute atomic E-state index is 0.0271. The van der Waals surface area contributed by atoms with Gasteiger partial charge in [-0.1, -0.05) is 37.1 Å². The highest BCUT2D eigenvalue weighted by Gasteiger charge is 2.39. The van der Waals surface area contributed by atoms with E-state index in [0.717, 1.165) is 38.8 Å². The van der Waals surface area contributed by atoms with Gasteiger partial charge in [-0.3, -0.25) is 4.18 Å². The van der Waals surface area contributed by atoms with E-state index in [1.807, 2.05) is 24.3 Å². The minimum Gasteiger partial charge on any atom is -0.316 e. The number of nitrogens with one attached hydrogen (secondary N) is 1. The molecule has 1 N–H and O–H groups in total. The van der Waals surface area contributed by atoms with Crippen molar-refractivity contribution in [3.05, 3.63) is 34.9 Å². The van der Waals surface area contributed by atoms with Crippen molar-refractivity contribution in [1.82, 2.24) is 5.32 Å². The molecule has 2 fully saturated rings. The molecule has 3 rings (SSSR count). The molecule has 0 amide bonds. The maximum absolute atomic E-state index is 12.4. The Morgan fingerprint density at radius 2 is 2.00 bits per heavy atom. The fraction of sp³-hybridized carbons (Fsp3) is 0.684. The van der Waals surface area contributed by atoms with Gasteiger partial charge in [-0.2, -0.15) is 8.42 Å². The van der Waals surface area contributed by atoms with E-state index in [1.54, 1.807) is 0 Å². The highest BCUT2D eigenvalue weighted by Crippen LogP contribution is 2.47. The van der Waals surface area contributed by atoms with Crippen molar-refractivity contribution in [3.63, 3.8) is 0 Å². The molecule has 4 nitrogen and oxygen atoms in total. The Bertz CT molecular complexity index is 670. The lowest BCUT2D eigenvalue weighted by atomic mass is 9.63. The summed E-state index contributed by atoms with van der Waals surface area (Å²) in [6.45, 7) is 4.31. The zero-order valence-corrected chi connectivity index (χ0v) is 16.4. The van der Waals surface area contributed by atoms with Crippen LogP contribution in [0.15, 0.2) is 24.3 Å². The number of hydrogen-bond acceptors (Lipinski definition) is 4. The van der Waals surface area contributed by atoms with Crippen molar-refractivity contribution >= 4 is 21.7 Å². The smallest absolute Gasteiger partial charge is 0.267 e. The second kappa shape index (κ2) is 7.95. The molecular formula is C19H28ClNO3S. The number of halogens is 1. The van der Waals surface area contributed by atoms with Crippen molar-refractivity contribution < 1.29 is 12.6 Å². The third kappa shape index (κ3) is 4.76. The predicted octanol–water partition coefficient (Wildman–Crippen LogP) is 3.74. The molecule has 0 unspecified atom stereocenters. The summed E-state index contributed by atoms with van der Waals surface area (Å²) in [5.41, 5.74) is 1.17. The Labute approximate surface area is 156 Å². The van der Waals surface area contributed by atoms with Gasteiger partial charge in [-0.05, 0) is 67.2 Å². The summed E-state index contributed by atoms with van der Waals surface area (Å²) in [4.78, 5) is 0. The van der Waals surface area contributed by atoms with Gasteiger partial charge in [0.25, 0.3) is 10.1 Å². The molecule has 0 radical (unpaired) electrons. The van der Waals surface area contributed by atoms with Gasteiger partial charge in [0.05, 0.1) is 12.4 Å². The van der Waals surface area contributed by atoms with Crippen LogP contribution in [-0.4, -0.2) is 33.9 Å². The molecule has 140 valence electrons. The molecule has 0 bridgehead atoms. The van der Waals surface area contributed by atoms with E-state index in [2.05, 4.69) is 12.2 Å². The monoisotopic (exact) mass is 385 g/mol. The summed E-state index contributed by atoms with van der Waals surface area (Å²) >= 11 is 5.98. The fourth-order valence-electron chi connectivity index (χ4n) is 3.94. The molecule has 1 saturated carbocycles. The first-order valence-corrected chi connectivity index (χ1v) is 11.2. The molecule has 25 heavy (non-hydrogen) atoms. The van der Waals surface area contributed by atoms with E-state index < -0.39 is 10.1 Å². The lowest BCUT2D eigenvalue weighted by Gasteiger charge is -2.42. The quantitative estimate of drug-likeness (QED) is 0.726. The highest BCUT2D eigenvalue weighted by molar-refractivity contribution is 7.86. The van der Waals surface area contributed by atoms with Gasteiger partial charge in [0.1, 0.15) is 0 Å². The second-order valence-electron chi connectivity index (χ2n) is 7.67. The Morgan fingerprint density at radius 1 is 1.28 bits per heavy atom. The standard InChI is InChI=1S/C19H28ClNO3S/c1-15-7-11-21-13-16(15)14-24-25(22,23)12-10-19(8-2-9-19)17-3-5-18(20)6-4-17/h3-6,15-16,21H,2,7-14H2,1H3/t15-,16-/m0/s1. The molecule has 1 heterocycles. The molecule has 2 atom stereocenters. The van der Waals surface area contributed by atoms with E-state index in [9.17, 15) is 8.42 Å². The van der Waals surface area contributed by atoms with E-state index in [1.165, 1.54) is 5.56 Å². The Morgan fingerprint density at radius 3 is 2.60 bits per heavy atom. The number of rotatable bonds is 7. The molecule has 2 aliphatic rings. The van der Waals surface area contributed by atoms with Gasteiger partial charge in [-0.15, -0.1) is 0 Å². The van der Waals surface area contributed by atoms with Gasteiger partial charge in [-0.25, -0.2) is 0 Å². The van der Waals surface area contributed by atoms with Crippen LogP contribution >= 0.6 is 11.6 Å². The summed E-state index contributed by atoms with van der Waals surface area (Å²) in [5.74, 6) is 0.866. The van der Waals surface area contributed by atoms with Crippen molar-refractivity contribution in [2.24, 2.45) is 11.8 Å². The van der Waals surface area contributed by atoms with Crippen LogP contribution in [0.25, 0.3) is 0 Å². The number of piperidine rings is 1. The van der Waals surface area contributed by atoms with Crippen molar-refractivity contribution in [3.8, 4) is 0 Å². The van der Waals surface area contributed by atoms with Crippen LogP contribution in [-0.2, 0) is 19.7 Å². The molecule has 1 aromatic carbocycles. The first-order valence-electron chi connectivity index (χ1n) is 9.24. The molecule has 0 spiro atoms. The minimum atomic E-state index is -3.48. The average Bonchev–Trinajstić information content (AvgIpc) is 2.55. The Hall–Kier alpha value is -0.620. The van der Waals surface area contributed by atoms with Crippen LogP contribution in [0.1, 0.15) is 44.6 Å². The molecule has 0 aromatic heterocycles. The van der Waals surface area contributed by atoms with Crippen LogP contribution in [0.4, 0.5) is 0 Å². The van der Waals surface area contributed by atoms with Gasteiger partial charge in [0, 0.05) is 11.6 Å². The number of hydrogen-bond donors (Lipinski definition) is 1. The third-order valence-electron chi connectivity index (χ3n) is 6.05. The largest absolute Gasteiger partial charge is 0.316 e. The van der Waals surface area contributed by atoms with Gasteiger partial charge < -0.3 is 5.32 Å². The normalized spacial score (nSPS) is 26.2. The van der Waals surface area contributed by atoms with Crippen molar-refractivity contribution in [2.75, 3.05) is 25.4 Å². The molecule has 1 saturated heterocycles. The van der Waals surface area contributed by atoms with Gasteiger partial charge >= 0.3 is 0 Å². The summed E-state index contributed by atoms with van der Waals surface area (Å²) < 4.78 is 30.1. The first kappa shape index (κ1) is 19.2. The van der Waals surface area contributed by atoms with Crippen LogP contribution in [0, 0.1) is 11.8 Å². The average molecular weight is 386 g/mol. The van der Waals surface area contributed by atoms with Crippen LogP contribution < -0.4 is 5.32 Å². The van der Waals surface area contributed by atoms with Crippen molar-refractivity contribution in [2.45, 2.75) is 44.4 Å². The van der Waals surface area contributed by atoms with Gasteiger partial charge in [0.2, 0.25) is 0 Å². The zero-order chi connectivity index (χ0) is 17.9. The van der Waals surface area contributed by atoms with Crippen LogP contribution in [0.5, 0.6) is 0 Å². The topological polar surface area (TPSA) is 55.4 Å². The van der Waals surface area contributed by atoms with Crippen LogP contribution in [0.2, 0.25) is 5.02 Å². The van der Waals surface area contributed by atoms with E-state index in [4.69, 9.17) is 15.8 Å². The maximum atomic E-state index is 12.4. The summed E-state index contributed by atoms with van der Waals surface area (Å²) in [5, 5.41) is 4.03. The zero-order valence-electron chi connectivity index (χ0n) is 14.8. The Kier molecular flexibility index (Phi) is 6.09. The fourth-order valence-corrected chi connectivity index (χ4v) is 5.20. The summed E-state index contributed by atoms with van der Waals surface area (Å²) in [6, 6.07) is 7.84. The lowest BCUT2D eigenvalue weighted by molar-refractivity contribution is 0.173. The molecule has 1 aromatic rings. The van der Waals surface area contributed by atoms with E-state index in [0.29, 0.717) is 24.0 Å². The van der Waals surface area contributed by atoms with Crippen LogP contribution in [0.3, 0.4) is 0 Å². The summed E-state index contributed by atoms with van der Waals surface area (Å²) in [7, 11) is -3.48. The molecule has 6 heteroatoms.